The van der Waals surface area contributed by atoms with Gasteiger partial charge in [-0.15, -0.1) is 0 Å². The smallest absolute Gasteiger partial charge is 0.175 e. The quantitative estimate of drug-likeness (QED) is 0.573. The normalized spacial score (nSPS) is 12.7. The molecule has 0 aromatic carbocycles. The van der Waals surface area contributed by atoms with Crippen LogP contribution in [0.25, 0.3) is 0 Å². The molecule has 1 N–H and O–H groups in total. The summed E-state index contributed by atoms with van der Waals surface area (Å²) in [6, 6.07) is 0. The summed E-state index contributed by atoms with van der Waals surface area (Å²) in [6.45, 7) is 3.89. The topological polar surface area (TPSA) is 40.9 Å². The summed E-state index contributed by atoms with van der Waals surface area (Å²) < 4.78 is 0. The molecule has 0 fully saturated rings. The van der Waals surface area contributed by atoms with Crippen LogP contribution in [0.3, 0.4) is 0 Å². The summed E-state index contributed by atoms with van der Waals surface area (Å²) in [4.78, 5) is 10.7. The van der Waals surface area contributed by atoms with Gasteiger partial charge in [0.25, 0.3) is 0 Å². The number of hydrogen-bond acceptors (Lipinski definition) is 2. The van der Waals surface area contributed by atoms with Gasteiger partial charge in [0.15, 0.2) is 5.78 Å². The van der Waals surface area contributed by atoms with Crippen molar-refractivity contribution in [2.75, 3.05) is 0 Å². The SMILES string of the molecule is CCCC(C)C(=O)C=N. The van der Waals surface area contributed by atoms with Gasteiger partial charge in [0.1, 0.15) is 0 Å². The lowest BCUT2D eigenvalue weighted by atomic mass is 10.0. The van der Waals surface area contributed by atoms with Gasteiger partial charge >= 0.3 is 0 Å². The standard InChI is InChI=1S/C7H13NO/c1-3-4-6(2)7(9)5-8/h5-6,8H,3-4H2,1-2H3. The molecule has 2 nitrogen and oxygen atoms in total. The lowest BCUT2D eigenvalue weighted by molar-refractivity contribution is -0.115. The molecule has 0 spiro atoms. The molecule has 0 aromatic rings. The van der Waals surface area contributed by atoms with Gasteiger partial charge in [-0.2, -0.15) is 0 Å². The van der Waals surface area contributed by atoms with Crippen LogP contribution in [-0.2, 0) is 4.79 Å². The molecular formula is C7H13NO. The van der Waals surface area contributed by atoms with Gasteiger partial charge in [-0.05, 0) is 6.42 Å². The maximum atomic E-state index is 10.7. The van der Waals surface area contributed by atoms with Gasteiger partial charge in [-0.3, -0.25) is 4.79 Å². The molecule has 0 heterocycles. The largest absolute Gasteiger partial charge is 0.305 e. The Bertz CT molecular complexity index is 109. The summed E-state index contributed by atoms with van der Waals surface area (Å²) in [5, 5.41) is 6.64. The molecule has 0 aliphatic heterocycles. The average molecular weight is 127 g/mol. The fourth-order valence-electron chi connectivity index (χ4n) is 0.718. The van der Waals surface area contributed by atoms with Crippen molar-refractivity contribution in [2.24, 2.45) is 5.92 Å². The van der Waals surface area contributed by atoms with E-state index < -0.39 is 0 Å². The molecular weight excluding hydrogens is 114 g/mol. The van der Waals surface area contributed by atoms with E-state index in [0.29, 0.717) is 0 Å². The number of Topliss-reactive ketones (excluding diaryl/α,β-unsaturated/α-hetero) is 1. The Hall–Kier alpha value is -0.660. The van der Waals surface area contributed by atoms with E-state index in [1.54, 1.807) is 0 Å². The Morgan fingerprint density at radius 2 is 2.33 bits per heavy atom. The first-order chi connectivity index (χ1) is 4.22. The van der Waals surface area contributed by atoms with Crippen molar-refractivity contribution in [1.29, 1.82) is 5.41 Å². The minimum Gasteiger partial charge on any atom is -0.305 e. The Morgan fingerprint density at radius 3 is 2.67 bits per heavy atom. The Balaban J connectivity index is 3.58. The number of hydrogen-bond donors (Lipinski definition) is 1. The van der Waals surface area contributed by atoms with Crippen LogP contribution in [0.1, 0.15) is 26.7 Å². The second-order valence-electron chi connectivity index (χ2n) is 2.24. The van der Waals surface area contributed by atoms with Crippen LogP contribution in [0.4, 0.5) is 0 Å². The lowest BCUT2D eigenvalue weighted by Gasteiger charge is -2.01. The van der Waals surface area contributed by atoms with Gasteiger partial charge in [0.05, 0.1) is 6.21 Å². The Labute approximate surface area is 55.8 Å². The van der Waals surface area contributed by atoms with E-state index in [4.69, 9.17) is 5.41 Å². The van der Waals surface area contributed by atoms with Crippen LogP contribution >= 0.6 is 0 Å². The van der Waals surface area contributed by atoms with E-state index in [-0.39, 0.29) is 11.7 Å². The zero-order valence-electron chi connectivity index (χ0n) is 5.98. The third-order valence-electron chi connectivity index (χ3n) is 1.35. The number of rotatable bonds is 4. The third-order valence-corrected chi connectivity index (χ3v) is 1.35. The highest BCUT2D eigenvalue weighted by molar-refractivity contribution is 6.27. The molecule has 0 bridgehead atoms. The highest BCUT2D eigenvalue weighted by Gasteiger charge is 2.06. The van der Waals surface area contributed by atoms with Crippen LogP contribution in [0.5, 0.6) is 0 Å². The maximum absolute atomic E-state index is 10.7. The molecule has 0 aromatic heterocycles. The number of nitrogens with one attached hydrogen (secondary N) is 1. The molecule has 52 valence electrons. The van der Waals surface area contributed by atoms with Crippen molar-refractivity contribution in [2.45, 2.75) is 26.7 Å². The monoisotopic (exact) mass is 127 g/mol. The van der Waals surface area contributed by atoms with Crippen LogP contribution < -0.4 is 0 Å². The first kappa shape index (κ1) is 8.34. The van der Waals surface area contributed by atoms with E-state index in [0.717, 1.165) is 19.1 Å². The minimum absolute atomic E-state index is 0.0486. The summed E-state index contributed by atoms with van der Waals surface area (Å²) in [5.74, 6) is -0.00986. The van der Waals surface area contributed by atoms with Crippen molar-refractivity contribution >= 4 is 12.0 Å². The molecule has 2 heteroatoms. The van der Waals surface area contributed by atoms with E-state index in [1.807, 2.05) is 13.8 Å². The molecule has 0 saturated heterocycles. The zero-order valence-corrected chi connectivity index (χ0v) is 5.98. The van der Waals surface area contributed by atoms with E-state index in [1.165, 1.54) is 0 Å². The molecule has 0 aliphatic rings. The third kappa shape index (κ3) is 3.01. The number of carbonyl (C=O) groups is 1. The van der Waals surface area contributed by atoms with Crippen LogP contribution in [-0.4, -0.2) is 12.0 Å². The van der Waals surface area contributed by atoms with Crippen molar-refractivity contribution in [1.82, 2.24) is 0 Å². The van der Waals surface area contributed by atoms with E-state index >= 15 is 0 Å². The molecule has 0 saturated carbocycles. The second kappa shape index (κ2) is 4.24. The highest BCUT2D eigenvalue weighted by atomic mass is 16.1. The fourth-order valence-corrected chi connectivity index (χ4v) is 0.718. The van der Waals surface area contributed by atoms with Gasteiger partial charge in [0.2, 0.25) is 0 Å². The lowest BCUT2D eigenvalue weighted by Crippen LogP contribution is -2.10. The summed E-state index contributed by atoms with van der Waals surface area (Å²) in [5.41, 5.74) is 0. The molecule has 9 heavy (non-hydrogen) atoms. The molecule has 0 radical (unpaired) electrons. The van der Waals surface area contributed by atoms with Crippen LogP contribution in [0, 0.1) is 11.3 Å². The Kier molecular flexibility index (Phi) is 3.93. The maximum Gasteiger partial charge on any atom is 0.175 e. The van der Waals surface area contributed by atoms with Crippen LogP contribution in [0.2, 0.25) is 0 Å². The van der Waals surface area contributed by atoms with Crippen molar-refractivity contribution in [3.05, 3.63) is 0 Å². The number of carbonyl (C=O) groups excluding carboxylic acids is 1. The summed E-state index contributed by atoms with van der Waals surface area (Å²) in [6.07, 6.45) is 2.81. The summed E-state index contributed by atoms with van der Waals surface area (Å²) >= 11 is 0. The molecule has 0 aliphatic carbocycles. The predicted octanol–water partition coefficient (Wildman–Crippen LogP) is 1.64. The molecule has 0 amide bonds. The molecule has 1 atom stereocenters. The highest BCUT2D eigenvalue weighted by Crippen LogP contribution is 2.03. The average Bonchev–Trinajstić information content (AvgIpc) is 1.87. The van der Waals surface area contributed by atoms with Gasteiger partial charge in [0, 0.05) is 5.92 Å². The van der Waals surface area contributed by atoms with Crippen molar-refractivity contribution < 1.29 is 4.79 Å². The van der Waals surface area contributed by atoms with E-state index in [2.05, 4.69) is 0 Å². The zero-order chi connectivity index (χ0) is 7.28. The van der Waals surface area contributed by atoms with Gasteiger partial charge in [-0.25, -0.2) is 0 Å². The first-order valence-electron chi connectivity index (χ1n) is 3.26. The summed E-state index contributed by atoms with van der Waals surface area (Å²) in [7, 11) is 0. The predicted molar refractivity (Wildman–Crippen MR) is 37.9 cm³/mol. The molecule has 1 unspecified atom stereocenters. The second-order valence-corrected chi connectivity index (χ2v) is 2.24. The minimum atomic E-state index is -0.0585. The van der Waals surface area contributed by atoms with E-state index in [9.17, 15) is 4.79 Å². The van der Waals surface area contributed by atoms with Gasteiger partial charge in [-0.1, -0.05) is 20.3 Å². The number of ketones is 1. The van der Waals surface area contributed by atoms with Crippen molar-refractivity contribution in [3.63, 3.8) is 0 Å². The Morgan fingerprint density at radius 1 is 1.78 bits per heavy atom. The van der Waals surface area contributed by atoms with Gasteiger partial charge < -0.3 is 5.41 Å². The fraction of sp³-hybridized carbons (Fsp3) is 0.714. The molecule has 0 rings (SSSR count). The van der Waals surface area contributed by atoms with Crippen LogP contribution in [0.15, 0.2) is 0 Å². The van der Waals surface area contributed by atoms with Crippen molar-refractivity contribution in [3.8, 4) is 0 Å². The first-order valence-corrected chi connectivity index (χ1v) is 3.26.